The Morgan fingerprint density at radius 1 is 1.07 bits per heavy atom. The molecule has 2 saturated carbocycles. The predicted molar refractivity (Wildman–Crippen MR) is 112 cm³/mol. The highest BCUT2D eigenvalue weighted by atomic mass is 35.5. The summed E-state index contributed by atoms with van der Waals surface area (Å²) in [6, 6.07) is 15.7. The Hall–Kier alpha value is -2.53. The summed E-state index contributed by atoms with van der Waals surface area (Å²) < 4.78 is 5.50. The van der Waals surface area contributed by atoms with Gasteiger partial charge >= 0.3 is 0 Å². The van der Waals surface area contributed by atoms with Crippen molar-refractivity contribution in [3.8, 4) is 5.75 Å². The van der Waals surface area contributed by atoms with Crippen molar-refractivity contribution < 1.29 is 14.3 Å². The molecule has 2 amide bonds. The molecule has 29 heavy (non-hydrogen) atoms. The minimum Gasteiger partial charge on any atom is -0.484 e. The molecule has 0 spiro atoms. The van der Waals surface area contributed by atoms with Crippen molar-refractivity contribution in [1.82, 2.24) is 10.6 Å². The van der Waals surface area contributed by atoms with Crippen LogP contribution < -0.4 is 15.4 Å². The van der Waals surface area contributed by atoms with Crippen molar-refractivity contribution in [3.63, 3.8) is 0 Å². The smallest absolute Gasteiger partial charge is 0.258 e. The Morgan fingerprint density at radius 3 is 2.55 bits per heavy atom. The number of hydrogen-bond donors (Lipinski definition) is 2. The van der Waals surface area contributed by atoms with Gasteiger partial charge in [0.2, 0.25) is 5.91 Å². The van der Waals surface area contributed by atoms with Crippen molar-refractivity contribution in [2.24, 2.45) is 5.92 Å². The number of ether oxygens (including phenoxy) is 1. The Bertz CT molecular complexity index is 880. The Labute approximate surface area is 175 Å². The third-order valence-electron chi connectivity index (χ3n) is 5.38. The largest absolute Gasteiger partial charge is 0.484 e. The van der Waals surface area contributed by atoms with Gasteiger partial charge in [-0.1, -0.05) is 41.9 Å². The molecule has 0 aromatic heterocycles. The standard InChI is InChI=1S/C23H25ClN2O3/c24-21-4-2-1-3-18(21)19-13-20(19)23(28)25-12-11-15-5-9-17(10-6-15)29-14-22(27)26-16-7-8-16/h1-6,9-10,16,19-20H,7-8,11-14H2,(H,25,28)(H,26,27). The molecule has 2 unspecified atom stereocenters. The third kappa shape index (κ3) is 5.51. The van der Waals surface area contributed by atoms with Crippen LogP contribution in [-0.2, 0) is 16.0 Å². The lowest BCUT2D eigenvalue weighted by Gasteiger charge is -2.08. The number of carbonyl (C=O) groups excluding carboxylic acids is 2. The van der Waals surface area contributed by atoms with Crippen molar-refractivity contribution in [3.05, 3.63) is 64.7 Å². The highest BCUT2D eigenvalue weighted by Crippen LogP contribution is 2.49. The Kier molecular flexibility index (Phi) is 6.05. The van der Waals surface area contributed by atoms with E-state index < -0.39 is 0 Å². The lowest BCUT2D eigenvalue weighted by Crippen LogP contribution is -2.30. The molecule has 0 saturated heterocycles. The van der Waals surface area contributed by atoms with Crippen LogP contribution in [0.2, 0.25) is 5.02 Å². The number of halogens is 1. The van der Waals surface area contributed by atoms with Crippen LogP contribution in [-0.4, -0.2) is 31.0 Å². The summed E-state index contributed by atoms with van der Waals surface area (Å²) in [6.07, 6.45) is 3.74. The quantitative estimate of drug-likeness (QED) is 0.662. The molecule has 2 N–H and O–H groups in total. The molecule has 0 aliphatic heterocycles. The van der Waals surface area contributed by atoms with Gasteiger partial charge in [-0.05, 0) is 60.9 Å². The monoisotopic (exact) mass is 412 g/mol. The fourth-order valence-corrected chi connectivity index (χ4v) is 3.74. The minimum atomic E-state index is -0.0746. The maximum Gasteiger partial charge on any atom is 0.258 e. The van der Waals surface area contributed by atoms with Crippen LogP contribution in [0.1, 0.15) is 36.3 Å². The zero-order chi connectivity index (χ0) is 20.2. The Morgan fingerprint density at radius 2 is 1.83 bits per heavy atom. The normalized spacial score (nSPS) is 20.0. The number of benzene rings is 2. The van der Waals surface area contributed by atoms with E-state index in [1.54, 1.807) is 0 Å². The second kappa shape index (κ2) is 8.87. The van der Waals surface area contributed by atoms with Crippen LogP contribution in [0, 0.1) is 5.92 Å². The number of nitrogens with one attached hydrogen (secondary N) is 2. The number of amides is 2. The Balaban J connectivity index is 1.16. The van der Waals surface area contributed by atoms with Crippen LogP contribution >= 0.6 is 11.6 Å². The van der Waals surface area contributed by atoms with E-state index in [2.05, 4.69) is 10.6 Å². The van der Waals surface area contributed by atoms with Gasteiger partial charge in [0, 0.05) is 23.5 Å². The van der Waals surface area contributed by atoms with E-state index in [-0.39, 0.29) is 30.3 Å². The number of hydrogen-bond acceptors (Lipinski definition) is 3. The molecule has 2 atom stereocenters. The van der Waals surface area contributed by atoms with Gasteiger partial charge in [-0.2, -0.15) is 0 Å². The van der Waals surface area contributed by atoms with Crippen molar-refractivity contribution in [1.29, 1.82) is 0 Å². The van der Waals surface area contributed by atoms with Crippen LogP contribution in [0.4, 0.5) is 0 Å². The molecule has 0 heterocycles. The number of carbonyl (C=O) groups is 2. The van der Waals surface area contributed by atoms with E-state index in [1.807, 2.05) is 48.5 Å². The van der Waals surface area contributed by atoms with Gasteiger partial charge in [0.1, 0.15) is 5.75 Å². The number of rotatable bonds is 9. The van der Waals surface area contributed by atoms with Crippen molar-refractivity contribution in [2.45, 2.75) is 37.6 Å². The fourth-order valence-electron chi connectivity index (χ4n) is 3.46. The van der Waals surface area contributed by atoms with E-state index in [1.165, 1.54) is 0 Å². The second-order valence-electron chi connectivity index (χ2n) is 7.79. The summed E-state index contributed by atoms with van der Waals surface area (Å²) in [6.45, 7) is 0.633. The van der Waals surface area contributed by atoms with Gasteiger partial charge in [0.25, 0.3) is 5.91 Å². The molecule has 6 heteroatoms. The molecule has 4 rings (SSSR count). The van der Waals surface area contributed by atoms with Gasteiger partial charge < -0.3 is 15.4 Å². The zero-order valence-electron chi connectivity index (χ0n) is 16.2. The molecule has 152 valence electrons. The molecule has 2 fully saturated rings. The minimum absolute atomic E-state index is 0.0208. The van der Waals surface area contributed by atoms with Gasteiger partial charge in [-0.25, -0.2) is 0 Å². The molecule has 2 aromatic carbocycles. The van der Waals surface area contributed by atoms with E-state index in [0.717, 1.165) is 41.8 Å². The van der Waals surface area contributed by atoms with Crippen LogP contribution in [0.25, 0.3) is 0 Å². The summed E-state index contributed by atoms with van der Waals surface area (Å²) >= 11 is 6.23. The first-order valence-electron chi connectivity index (χ1n) is 10.1. The van der Waals surface area contributed by atoms with E-state index in [0.29, 0.717) is 18.3 Å². The summed E-state index contributed by atoms with van der Waals surface area (Å²) in [5.74, 6) is 0.944. The van der Waals surface area contributed by atoms with Crippen molar-refractivity contribution >= 4 is 23.4 Å². The first-order valence-corrected chi connectivity index (χ1v) is 10.5. The molecule has 5 nitrogen and oxygen atoms in total. The summed E-state index contributed by atoms with van der Waals surface area (Å²) in [4.78, 5) is 24.0. The van der Waals surface area contributed by atoms with E-state index >= 15 is 0 Å². The summed E-state index contributed by atoms with van der Waals surface area (Å²) in [7, 11) is 0. The van der Waals surface area contributed by atoms with Crippen molar-refractivity contribution in [2.75, 3.05) is 13.2 Å². The average molecular weight is 413 g/mol. The summed E-state index contributed by atoms with van der Waals surface area (Å²) in [5, 5.41) is 6.65. The summed E-state index contributed by atoms with van der Waals surface area (Å²) in [5.41, 5.74) is 2.18. The molecular weight excluding hydrogens is 388 g/mol. The first kappa shape index (κ1) is 19.8. The maximum atomic E-state index is 12.4. The molecule has 0 radical (unpaired) electrons. The van der Waals surface area contributed by atoms with E-state index in [4.69, 9.17) is 16.3 Å². The van der Waals surface area contributed by atoms with E-state index in [9.17, 15) is 9.59 Å². The van der Waals surface area contributed by atoms with Gasteiger partial charge in [-0.3, -0.25) is 9.59 Å². The fraction of sp³-hybridized carbons (Fsp3) is 0.391. The molecule has 2 aliphatic rings. The maximum absolute atomic E-state index is 12.4. The second-order valence-corrected chi connectivity index (χ2v) is 8.19. The highest BCUT2D eigenvalue weighted by Gasteiger charge is 2.44. The van der Waals surface area contributed by atoms with Gasteiger partial charge in [0.05, 0.1) is 0 Å². The van der Waals surface area contributed by atoms with Crippen LogP contribution in [0.3, 0.4) is 0 Å². The van der Waals surface area contributed by atoms with Gasteiger partial charge in [0.15, 0.2) is 6.61 Å². The highest BCUT2D eigenvalue weighted by molar-refractivity contribution is 6.31. The zero-order valence-corrected chi connectivity index (χ0v) is 17.0. The van der Waals surface area contributed by atoms with Gasteiger partial charge in [-0.15, -0.1) is 0 Å². The van der Waals surface area contributed by atoms with Crippen LogP contribution in [0.15, 0.2) is 48.5 Å². The first-order chi connectivity index (χ1) is 14.1. The lowest BCUT2D eigenvalue weighted by molar-refractivity contribution is -0.123. The average Bonchev–Trinajstić information content (AvgIpc) is 3.63. The topological polar surface area (TPSA) is 67.4 Å². The third-order valence-corrected chi connectivity index (χ3v) is 5.72. The molecule has 2 aromatic rings. The molecule has 0 bridgehead atoms. The lowest BCUT2D eigenvalue weighted by atomic mass is 10.1. The molecular formula is C23H25ClN2O3. The van der Waals surface area contributed by atoms with Crippen LogP contribution in [0.5, 0.6) is 5.75 Å². The molecule has 2 aliphatic carbocycles. The SMILES string of the molecule is O=C(COc1ccc(CCNC(=O)C2CC2c2ccccc2Cl)cc1)NC1CC1. The predicted octanol–water partition coefficient (Wildman–Crippen LogP) is 3.46.